The number of para-hydroxylation sites is 1. The number of thioether (sulfide) groups is 1. The SMILES string of the molecule is C[C@H](SCc1cc2c(cc1Br)OCCO2)C(=O)Nc1ccccc1. The van der Waals surface area contributed by atoms with Crippen molar-refractivity contribution in [2.45, 2.75) is 17.9 Å². The first kappa shape index (κ1) is 17.2. The van der Waals surface area contributed by atoms with E-state index >= 15 is 0 Å². The minimum atomic E-state index is -0.162. The highest BCUT2D eigenvalue weighted by Gasteiger charge is 2.18. The topological polar surface area (TPSA) is 47.6 Å². The summed E-state index contributed by atoms with van der Waals surface area (Å²) in [7, 11) is 0. The van der Waals surface area contributed by atoms with Gasteiger partial charge < -0.3 is 14.8 Å². The fraction of sp³-hybridized carbons (Fsp3) is 0.278. The van der Waals surface area contributed by atoms with E-state index in [1.54, 1.807) is 11.8 Å². The molecule has 1 amide bonds. The molecule has 0 radical (unpaired) electrons. The lowest BCUT2D eigenvalue weighted by Gasteiger charge is -2.20. The molecule has 6 heteroatoms. The monoisotopic (exact) mass is 407 g/mol. The first-order valence-corrected chi connectivity index (χ1v) is 9.53. The van der Waals surface area contributed by atoms with Gasteiger partial charge in [0.2, 0.25) is 5.91 Å². The molecule has 24 heavy (non-hydrogen) atoms. The van der Waals surface area contributed by atoms with Crippen LogP contribution in [0.5, 0.6) is 11.5 Å². The lowest BCUT2D eigenvalue weighted by Crippen LogP contribution is -2.22. The van der Waals surface area contributed by atoms with Crippen molar-refractivity contribution in [3.8, 4) is 11.5 Å². The number of anilines is 1. The molecule has 2 aromatic rings. The molecular weight excluding hydrogens is 390 g/mol. The largest absolute Gasteiger partial charge is 0.486 e. The highest BCUT2D eigenvalue weighted by atomic mass is 79.9. The first-order chi connectivity index (χ1) is 11.6. The number of rotatable bonds is 5. The van der Waals surface area contributed by atoms with Crippen LogP contribution in [0.2, 0.25) is 0 Å². The highest BCUT2D eigenvalue weighted by molar-refractivity contribution is 9.10. The lowest BCUT2D eigenvalue weighted by molar-refractivity contribution is -0.115. The van der Waals surface area contributed by atoms with Gasteiger partial charge in [0, 0.05) is 15.9 Å². The number of carbonyl (C=O) groups excluding carboxylic acids is 1. The molecule has 1 atom stereocenters. The summed E-state index contributed by atoms with van der Waals surface area (Å²) in [5.41, 5.74) is 1.90. The molecule has 0 fully saturated rings. The Hall–Kier alpha value is -1.66. The summed E-state index contributed by atoms with van der Waals surface area (Å²) in [6.45, 7) is 3.05. The van der Waals surface area contributed by atoms with E-state index in [0.717, 1.165) is 27.2 Å². The Morgan fingerprint density at radius 1 is 1.21 bits per heavy atom. The average Bonchev–Trinajstić information content (AvgIpc) is 2.60. The second kappa shape index (κ2) is 7.94. The normalized spacial score (nSPS) is 14.1. The van der Waals surface area contributed by atoms with Crippen molar-refractivity contribution < 1.29 is 14.3 Å². The van der Waals surface area contributed by atoms with Crippen molar-refractivity contribution in [1.29, 1.82) is 0 Å². The van der Waals surface area contributed by atoms with Crippen LogP contribution in [-0.2, 0) is 10.5 Å². The average molecular weight is 408 g/mol. The molecule has 1 N–H and O–H groups in total. The Morgan fingerprint density at radius 2 is 1.88 bits per heavy atom. The number of fused-ring (bicyclic) bond motifs is 1. The number of nitrogens with one attached hydrogen (secondary N) is 1. The maximum absolute atomic E-state index is 12.3. The molecule has 1 aliphatic heterocycles. The van der Waals surface area contributed by atoms with Crippen LogP contribution in [0.15, 0.2) is 46.9 Å². The number of hydrogen-bond acceptors (Lipinski definition) is 4. The number of hydrogen-bond donors (Lipinski definition) is 1. The Bertz CT molecular complexity index is 724. The number of halogens is 1. The molecule has 0 unspecified atom stereocenters. The molecule has 0 saturated carbocycles. The van der Waals surface area contributed by atoms with E-state index in [9.17, 15) is 4.79 Å². The van der Waals surface area contributed by atoms with Gasteiger partial charge in [-0.2, -0.15) is 0 Å². The van der Waals surface area contributed by atoms with Gasteiger partial charge in [0.25, 0.3) is 0 Å². The quantitative estimate of drug-likeness (QED) is 0.793. The maximum atomic E-state index is 12.3. The third-order valence-electron chi connectivity index (χ3n) is 3.61. The molecule has 3 rings (SSSR count). The Labute approximate surface area is 154 Å². The van der Waals surface area contributed by atoms with Crippen LogP contribution in [0.1, 0.15) is 12.5 Å². The van der Waals surface area contributed by atoms with E-state index in [4.69, 9.17) is 9.47 Å². The van der Waals surface area contributed by atoms with Crippen molar-refractivity contribution in [3.05, 3.63) is 52.5 Å². The molecular formula is C18H18BrNO3S. The Balaban J connectivity index is 1.59. The van der Waals surface area contributed by atoms with Gasteiger partial charge in [0.1, 0.15) is 13.2 Å². The van der Waals surface area contributed by atoms with Crippen LogP contribution in [0.25, 0.3) is 0 Å². The first-order valence-electron chi connectivity index (χ1n) is 7.69. The van der Waals surface area contributed by atoms with Gasteiger partial charge in [-0.3, -0.25) is 4.79 Å². The number of benzene rings is 2. The molecule has 0 aromatic heterocycles. The Kier molecular flexibility index (Phi) is 5.68. The molecule has 4 nitrogen and oxygen atoms in total. The van der Waals surface area contributed by atoms with Crippen molar-refractivity contribution >= 4 is 39.3 Å². The van der Waals surface area contributed by atoms with Crippen LogP contribution in [0, 0.1) is 0 Å². The molecule has 126 valence electrons. The van der Waals surface area contributed by atoms with Gasteiger partial charge in [-0.25, -0.2) is 0 Å². The summed E-state index contributed by atoms with van der Waals surface area (Å²) in [6.07, 6.45) is 0. The maximum Gasteiger partial charge on any atom is 0.237 e. The van der Waals surface area contributed by atoms with Crippen LogP contribution in [0.3, 0.4) is 0 Å². The predicted octanol–water partition coefficient (Wildman–Crippen LogP) is 4.48. The van der Waals surface area contributed by atoms with Gasteiger partial charge >= 0.3 is 0 Å². The molecule has 0 spiro atoms. The zero-order chi connectivity index (χ0) is 16.9. The van der Waals surface area contributed by atoms with Gasteiger partial charge in [-0.1, -0.05) is 34.1 Å². The second-order valence-electron chi connectivity index (χ2n) is 5.40. The van der Waals surface area contributed by atoms with Crippen molar-refractivity contribution in [2.24, 2.45) is 0 Å². The Morgan fingerprint density at radius 3 is 2.58 bits per heavy atom. The summed E-state index contributed by atoms with van der Waals surface area (Å²) in [5.74, 6) is 2.23. The fourth-order valence-electron chi connectivity index (χ4n) is 2.27. The van der Waals surface area contributed by atoms with Crippen LogP contribution >= 0.6 is 27.7 Å². The van der Waals surface area contributed by atoms with Gasteiger partial charge in [-0.15, -0.1) is 11.8 Å². The molecule has 1 heterocycles. The zero-order valence-electron chi connectivity index (χ0n) is 13.3. The van der Waals surface area contributed by atoms with Crippen LogP contribution < -0.4 is 14.8 Å². The number of ether oxygens (including phenoxy) is 2. The van der Waals surface area contributed by atoms with E-state index in [0.29, 0.717) is 19.0 Å². The summed E-state index contributed by atoms with van der Waals surface area (Å²) in [5, 5.41) is 2.76. The third kappa shape index (κ3) is 4.24. The van der Waals surface area contributed by atoms with Crippen molar-refractivity contribution in [3.63, 3.8) is 0 Å². The molecule has 0 bridgehead atoms. The fourth-order valence-corrected chi connectivity index (χ4v) is 3.80. The number of carbonyl (C=O) groups is 1. The summed E-state index contributed by atoms with van der Waals surface area (Å²) in [6, 6.07) is 13.4. The van der Waals surface area contributed by atoms with E-state index in [2.05, 4.69) is 21.2 Å². The van der Waals surface area contributed by atoms with Crippen LogP contribution in [0.4, 0.5) is 5.69 Å². The summed E-state index contributed by atoms with van der Waals surface area (Å²) in [4.78, 5) is 12.3. The molecule has 1 aliphatic rings. The second-order valence-corrected chi connectivity index (χ2v) is 7.58. The van der Waals surface area contributed by atoms with Crippen molar-refractivity contribution in [1.82, 2.24) is 0 Å². The van der Waals surface area contributed by atoms with E-state index in [1.165, 1.54) is 0 Å². The van der Waals surface area contributed by atoms with E-state index < -0.39 is 0 Å². The van der Waals surface area contributed by atoms with Gasteiger partial charge in [-0.05, 0) is 36.8 Å². The lowest BCUT2D eigenvalue weighted by atomic mass is 10.2. The molecule has 0 aliphatic carbocycles. The third-order valence-corrected chi connectivity index (χ3v) is 5.54. The number of amides is 1. The van der Waals surface area contributed by atoms with Crippen molar-refractivity contribution in [2.75, 3.05) is 18.5 Å². The van der Waals surface area contributed by atoms with E-state index in [1.807, 2.05) is 49.4 Å². The molecule has 0 saturated heterocycles. The standard InChI is InChI=1S/C18H18BrNO3S/c1-12(18(21)20-14-5-3-2-4-6-14)24-11-13-9-16-17(10-15(13)19)23-8-7-22-16/h2-6,9-10,12H,7-8,11H2,1H3,(H,20,21)/t12-/m0/s1. The van der Waals surface area contributed by atoms with Gasteiger partial charge in [0.05, 0.1) is 5.25 Å². The minimum Gasteiger partial charge on any atom is -0.486 e. The minimum absolute atomic E-state index is 0.000124. The smallest absolute Gasteiger partial charge is 0.237 e. The zero-order valence-corrected chi connectivity index (χ0v) is 15.7. The van der Waals surface area contributed by atoms with E-state index in [-0.39, 0.29) is 11.2 Å². The highest BCUT2D eigenvalue weighted by Crippen LogP contribution is 2.37. The predicted molar refractivity (Wildman–Crippen MR) is 101 cm³/mol. The summed E-state index contributed by atoms with van der Waals surface area (Å²) < 4.78 is 12.1. The van der Waals surface area contributed by atoms with Crippen LogP contribution in [-0.4, -0.2) is 24.4 Å². The summed E-state index contributed by atoms with van der Waals surface area (Å²) >= 11 is 5.15. The van der Waals surface area contributed by atoms with Gasteiger partial charge in [0.15, 0.2) is 11.5 Å². The molecule has 2 aromatic carbocycles.